The summed E-state index contributed by atoms with van der Waals surface area (Å²) in [4.78, 5) is 40.8. The average molecular weight is 424 g/mol. The van der Waals surface area contributed by atoms with Crippen LogP contribution in [0.4, 0.5) is 5.69 Å². The summed E-state index contributed by atoms with van der Waals surface area (Å²) in [5.74, 6) is -0.842. The molecular formula is C23H29N5O3. The van der Waals surface area contributed by atoms with E-state index >= 15 is 0 Å². The number of hydrogen-bond donors (Lipinski definition) is 2. The molecule has 1 atom stereocenters. The molecule has 1 aromatic carbocycles. The number of hydrogen-bond acceptors (Lipinski definition) is 4. The van der Waals surface area contributed by atoms with Gasteiger partial charge in [-0.25, -0.2) is 0 Å². The molecule has 0 bridgehead atoms. The van der Waals surface area contributed by atoms with Gasteiger partial charge >= 0.3 is 0 Å². The highest BCUT2D eigenvalue weighted by atomic mass is 16.2. The summed E-state index contributed by atoms with van der Waals surface area (Å²) in [5, 5.41) is 10.4. The van der Waals surface area contributed by atoms with Gasteiger partial charge in [0.05, 0.1) is 6.54 Å². The van der Waals surface area contributed by atoms with E-state index in [1.807, 2.05) is 38.1 Å². The van der Waals surface area contributed by atoms with E-state index in [1.54, 1.807) is 11.8 Å². The highest BCUT2D eigenvalue weighted by Gasteiger charge is 2.48. The average Bonchev–Trinajstić information content (AvgIpc) is 3.40. The number of carbonyl (C=O) groups excluding carboxylic acids is 3. The fraction of sp³-hybridized carbons (Fsp3) is 0.478. The molecule has 8 heteroatoms. The van der Waals surface area contributed by atoms with E-state index in [0.717, 1.165) is 31.2 Å². The number of aromatic nitrogens is 2. The number of rotatable bonds is 5. The monoisotopic (exact) mass is 423 g/mol. The minimum absolute atomic E-state index is 0.156. The van der Waals surface area contributed by atoms with Gasteiger partial charge in [-0.2, -0.15) is 5.10 Å². The third kappa shape index (κ3) is 3.82. The largest absolute Gasteiger partial charge is 0.351 e. The SMILES string of the molecule is CCN1C(=O)c2cc(C(=O)Nc3ccccc3C)nn2CC1(C)C(=O)NC1CCCC1. The molecule has 1 saturated carbocycles. The molecule has 1 fully saturated rings. The van der Waals surface area contributed by atoms with Gasteiger partial charge in [0.25, 0.3) is 11.8 Å². The molecule has 164 valence electrons. The van der Waals surface area contributed by atoms with E-state index in [2.05, 4.69) is 15.7 Å². The van der Waals surface area contributed by atoms with E-state index in [0.29, 0.717) is 17.9 Å². The van der Waals surface area contributed by atoms with Crippen molar-refractivity contribution in [2.75, 3.05) is 11.9 Å². The maximum absolute atomic E-state index is 13.2. The fourth-order valence-corrected chi connectivity index (χ4v) is 4.56. The van der Waals surface area contributed by atoms with E-state index in [9.17, 15) is 14.4 Å². The lowest BCUT2D eigenvalue weighted by Gasteiger charge is -2.43. The second-order valence-electron chi connectivity index (χ2n) is 8.62. The molecule has 2 heterocycles. The van der Waals surface area contributed by atoms with E-state index in [1.165, 1.54) is 10.7 Å². The van der Waals surface area contributed by atoms with Crippen LogP contribution in [0.25, 0.3) is 0 Å². The molecule has 0 radical (unpaired) electrons. The summed E-state index contributed by atoms with van der Waals surface area (Å²) in [6, 6.07) is 9.14. The van der Waals surface area contributed by atoms with Crippen molar-refractivity contribution in [2.24, 2.45) is 0 Å². The second-order valence-corrected chi connectivity index (χ2v) is 8.62. The number of aryl methyl sites for hydroxylation is 1. The predicted molar refractivity (Wildman–Crippen MR) is 117 cm³/mol. The Morgan fingerprint density at radius 1 is 1.23 bits per heavy atom. The Morgan fingerprint density at radius 2 is 1.94 bits per heavy atom. The van der Waals surface area contributed by atoms with E-state index in [-0.39, 0.29) is 36.0 Å². The van der Waals surface area contributed by atoms with Crippen molar-refractivity contribution in [3.63, 3.8) is 0 Å². The van der Waals surface area contributed by atoms with Gasteiger partial charge < -0.3 is 15.5 Å². The first-order valence-corrected chi connectivity index (χ1v) is 10.9. The molecule has 4 rings (SSSR count). The molecule has 3 amide bonds. The number of anilines is 1. The van der Waals surface area contributed by atoms with Gasteiger partial charge in [0, 0.05) is 24.3 Å². The smallest absolute Gasteiger partial charge is 0.276 e. The summed E-state index contributed by atoms with van der Waals surface area (Å²) in [6.45, 7) is 6.14. The lowest BCUT2D eigenvalue weighted by atomic mass is 9.94. The van der Waals surface area contributed by atoms with Gasteiger partial charge in [0.2, 0.25) is 5.91 Å². The number of para-hydroxylation sites is 1. The summed E-state index contributed by atoms with van der Waals surface area (Å²) in [6.07, 6.45) is 4.16. The van der Waals surface area contributed by atoms with Crippen LogP contribution >= 0.6 is 0 Å². The Morgan fingerprint density at radius 3 is 2.61 bits per heavy atom. The Labute approximate surface area is 182 Å². The number of likely N-dealkylation sites (N-methyl/N-ethyl adjacent to an activating group) is 1. The van der Waals surface area contributed by atoms with Crippen LogP contribution in [0, 0.1) is 6.92 Å². The van der Waals surface area contributed by atoms with Gasteiger partial charge in [-0.3, -0.25) is 19.1 Å². The van der Waals surface area contributed by atoms with Crippen LogP contribution in [0.2, 0.25) is 0 Å². The molecular weight excluding hydrogens is 394 g/mol. The van der Waals surface area contributed by atoms with Gasteiger partial charge in [-0.1, -0.05) is 31.0 Å². The van der Waals surface area contributed by atoms with E-state index < -0.39 is 5.54 Å². The fourth-order valence-electron chi connectivity index (χ4n) is 4.56. The highest BCUT2D eigenvalue weighted by molar-refractivity contribution is 6.06. The summed E-state index contributed by atoms with van der Waals surface area (Å²) in [5.41, 5.74) is 1.05. The van der Waals surface area contributed by atoms with E-state index in [4.69, 9.17) is 0 Å². The van der Waals surface area contributed by atoms with Crippen molar-refractivity contribution >= 4 is 23.4 Å². The first kappa shape index (κ1) is 21.1. The Hall–Kier alpha value is -3.16. The van der Waals surface area contributed by atoms with Crippen LogP contribution in [0.15, 0.2) is 30.3 Å². The van der Waals surface area contributed by atoms with Crippen molar-refractivity contribution in [1.82, 2.24) is 20.0 Å². The quantitative estimate of drug-likeness (QED) is 0.773. The third-order valence-electron chi connectivity index (χ3n) is 6.42. The van der Waals surface area contributed by atoms with Crippen LogP contribution in [0.5, 0.6) is 0 Å². The van der Waals surface area contributed by atoms with Crippen molar-refractivity contribution in [3.8, 4) is 0 Å². The highest BCUT2D eigenvalue weighted by Crippen LogP contribution is 2.29. The lowest BCUT2D eigenvalue weighted by molar-refractivity contribution is -0.133. The van der Waals surface area contributed by atoms with Gasteiger partial charge in [-0.15, -0.1) is 0 Å². The predicted octanol–water partition coefficient (Wildman–Crippen LogP) is 2.74. The molecule has 2 aliphatic rings. The maximum Gasteiger partial charge on any atom is 0.276 e. The summed E-state index contributed by atoms with van der Waals surface area (Å²) < 4.78 is 1.50. The third-order valence-corrected chi connectivity index (χ3v) is 6.42. The number of amides is 3. The van der Waals surface area contributed by atoms with Crippen molar-refractivity contribution in [3.05, 3.63) is 47.3 Å². The first-order chi connectivity index (χ1) is 14.8. The Kier molecular flexibility index (Phi) is 5.56. The standard InChI is InChI=1S/C23H29N5O3/c1-4-27-21(30)19-13-18(20(29)25-17-12-8-5-9-15(17)2)26-28(19)14-23(27,3)22(31)24-16-10-6-7-11-16/h5,8-9,12-13,16H,4,6-7,10-11,14H2,1-3H3,(H,24,31)(H,25,29). The minimum atomic E-state index is -1.06. The molecule has 2 N–H and O–H groups in total. The molecule has 1 aliphatic carbocycles. The van der Waals surface area contributed by atoms with Crippen LogP contribution in [-0.2, 0) is 11.3 Å². The van der Waals surface area contributed by atoms with Gasteiger partial charge in [0.1, 0.15) is 11.2 Å². The van der Waals surface area contributed by atoms with Crippen LogP contribution in [0.1, 0.15) is 66.1 Å². The molecule has 1 unspecified atom stereocenters. The summed E-state index contributed by atoms with van der Waals surface area (Å²) in [7, 11) is 0. The number of nitrogens with one attached hydrogen (secondary N) is 2. The van der Waals surface area contributed by atoms with Gasteiger partial charge in [0.15, 0.2) is 5.69 Å². The molecule has 31 heavy (non-hydrogen) atoms. The summed E-state index contributed by atoms with van der Waals surface area (Å²) >= 11 is 0. The topological polar surface area (TPSA) is 96.3 Å². The molecule has 0 spiro atoms. The Bertz CT molecular complexity index is 1020. The molecule has 1 aliphatic heterocycles. The zero-order valence-corrected chi connectivity index (χ0v) is 18.3. The maximum atomic E-state index is 13.2. The van der Waals surface area contributed by atoms with Crippen LogP contribution < -0.4 is 10.6 Å². The zero-order chi connectivity index (χ0) is 22.2. The molecule has 2 aromatic rings. The number of carbonyl (C=O) groups is 3. The zero-order valence-electron chi connectivity index (χ0n) is 18.3. The van der Waals surface area contributed by atoms with Gasteiger partial charge in [-0.05, 0) is 45.2 Å². The Balaban J connectivity index is 1.59. The van der Waals surface area contributed by atoms with Crippen molar-refractivity contribution in [2.45, 2.75) is 64.6 Å². The normalized spacial score (nSPS) is 21.1. The van der Waals surface area contributed by atoms with Crippen LogP contribution in [-0.4, -0.2) is 50.5 Å². The first-order valence-electron chi connectivity index (χ1n) is 10.9. The number of benzene rings is 1. The number of nitrogens with zero attached hydrogens (tertiary/aromatic N) is 3. The number of fused-ring (bicyclic) bond motifs is 1. The van der Waals surface area contributed by atoms with Crippen molar-refractivity contribution < 1.29 is 14.4 Å². The second kappa shape index (κ2) is 8.17. The molecule has 0 saturated heterocycles. The molecule has 8 nitrogen and oxygen atoms in total. The lowest BCUT2D eigenvalue weighted by Crippen LogP contribution is -2.64. The van der Waals surface area contributed by atoms with Crippen molar-refractivity contribution in [1.29, 1.82) is 0 Å². The van der Waals surface area contributed by atoms with Crippen LogP contribution in [0.3, 0.4) is 0 Å². The minimum Gasteiger partial charge on any atom is -0.351 e. The molecule has 1 aromatic heterocycles.